The number of halogens is 4. The minimum Gasteiger partial charge on any atom is -0.376 e. The summed E-state index contributed by atoms with van der Waals surface area (Å²) in [6.07, 6.45) is -3.93. The molecular formula is C21H20F4N2O3. The van der Waals surface area contributed by atoms with Crippen molar-refractivity contribution >= 4 is 17.5 Å². The van der Waals surface area contributed by atoms with Crippen molar-refractivity contribution in [3.63, 3.8) is 0 Å². The van der Waals surface area contributed by atoms with Gasteiger partial charge in [-0.1, -0.05) is 30.3 Å². The van der Waals surface area contributed by atoms with Crippen molar-refractivity contribution in [1.82, 2.24) is 5.32 Å². The Morgan fingerprint density at radius 2 is 1.77 bits per heavy atom. The van der Waals surface area contributed by atoms with Gasteiger partial charge in [-0.3, -0.25) is 14.5 Å². The molecular weight excluding hydrogens is 404 g/mol. The minimum absolute atomic E-state index is 0.0442. The molecule has 1 aliphatic heterocycles. The fraction of sp³-hybridized carbons (Fsp3) is 0.333. The van der Waals surface area contributed by atoms with Crippen LogP contribution in [0.3, 0.4) is 0 Å². The van der Waals surface area contributed by atoms with Crippen molar-refractivity contribution in [2.75, 3.05) is 18.1 Å². The highest BCUT2D eigenvalue weighted by Gasteiger charge is 2.47. The molecule has 2 amide bonds. The lowest BCUT2D eigenvalue weighted by Gasteiger charge is -2.32. The maximum Gasteiger partial charge on any atom is 0.471 e. The molecule has 0 aromatic heterocycles. The number of carbonyl (C=O) groups excluding carboxylic acids is 2. The fourth-order valence-electron chi connectivity index (χ4n) is 3.29. The highest BCUT2D eigenvalue weighted by Crippen LogP contribution is 2.32. The molecule has 3 rings (SSSR count). The first kappa shape index (κ1) is 21.8. The van der Waals surface area contributed by atoms with E-state index in [0.29, 0.717) is 17.9 Å². The quantitative estimate of drug-likeness (QED) is 0.719. The van der Waals surface area contributed by atoms with Gasteiger partial charge < -0.3 is 10.1 Å². The number of benzene rings is 2. The highest BCUT2D eigenvalue weighted by molar-refractivity contribution is 6.03. The Balaban J connectivity index is 2.00. The molecule has 0 radical (unpaired) electrons. The van der Waals surface area contributed by atoms with E-state index in [0.717, 1.165) is 18.6 Å². The smallest absolute Gasteiger partial charge is 0.376 e. The number of nitrogens with zero attached hydrogens (tertiary/aromatic N) is 1. The maximum absolute atomic E-state index is 13.4. The Hall–Kier alpha value is -2.94. The summed E-state index contributed by atoms with van der Waals surface area (Å²) in [6, 6.07) is 9.86. The first-order valence-corrected chi connectivity index (χ1v) is 9.37. The summed E-state index contributed by atoms with van der Waals surface area (Å²) in [4.78, 5) is 25.7. The van der Waals surface area contributed by atoms with E-state index >= 15 is 0 Å². The van der Waals surface area contributed by atoms with Crippen LogP contribution in [-0.4, -0.2) is 37.2 Å². The molecule has 160 valence electrons. The van der Waals surface area contributed by atoms with Crippen molar-refractivity contribution in [2.45, 2.75) is 31.2 Å². The van der Waals surface area contributed by atoms with Gasteiger partial charge in [0.05, 0.1) is 6.10 Å². The van der Waals surface area contributed by atoms with Crippen LogP contribution in [0.4, 0.5) is 23.2 Å². The maximum atomic E-state index is 13.4. The predicted octanol–water partition coefficient (Wildman–Crippen LogP) is 3.76. The topological polar surface area (TPSA) is 58.6 Å². The molecule has 0 aliphatic carbocycles. The van der Waals surface area contributed by atoms with E-state index < -0.39 is 29.8 Å². The normalized spacial score (nSPS) is 17.4. The molecule has 2 aromatic carbocycles. The fourth-order valence-corrected chi connectivity index (χ4v) is 3.29. The predicted molar refractivity (Wildman–Crippen MR) is 101 cm³/mol. The van der Waals surface area contributed by atoms with Crippen molar-refractivity contribution < 1.29 is 31.9 Å². The Bertz CT molecular complexity index is 866. The van der Waals surface area contributed by atoms with Crippen molar-refractivity contribution in [3.8, 4) is 0 Å². The summed E-state index contributed by atoms with van der Waals surface area (Å²) in [5, 5.41) is 2.58. The minimum atomic E-state index is -5.22. The van der Waals surface area contributed by atoms with Gasteiger partial charge >= 0.3 is 12.1 Å². The van der Waals surface area contributed by atoms with Gasteiger partial charge in [0.1, 0.15) is 11.9 Å². The first-order chi connectivity index (χ1) is 14.3. The van der Waals surface area contributed by atoms with E-state index in [1.165, 1.54) is 36.4 Å². The third kappa shape index (κ3) is 5.15. The summed E-state index contributed by atoms with van der Waals surface area (Å²) in [7, 11) is 0. The van der Waals surface area contributed by atoms with Crippen LogP contribution in [0.25, 0.3) is 0 Å². The van der Waals surface area contributed by atoms with Gasteiger partial charge in [0.25, 0.3) is 0 Å². The number of ether oxygens (including phenoxy) is 1. The van der Waals surface area contributed by atoms with Gasteiger partial charge in [-0.2, -0.15) is 13.2 Å². The van der Waals surface area contributed by atoms with Gasteiger partial charge in [0.2, 0.25) is 5.91 Å². The molecule has 0 spiro atoms. The molecule has 0 bridgehead atoms. The molecule has 2 aromatic rings. The summed E-state index contributed by atoms with van der Waals surface area (Å²) in [5.74, 6) is -3.64. The van der Waals surface area contributed by atoms with Crippen LogP contribution in [0, 0.1) is 5.82 Å². The second-order valence-corrected chi connectivity index (χ2v) is 6.84. The zero-order chi connectivity index (χ0) is 21.7. The van der Waals surface area contributed by atoms with Gasteiger partial charge in [-0.15, -0.1) is 0 Å². The van der Waals surface area contributed by atoms with Crippen LogP contribution in [0.5, 0.6) is 0 Å². The molecule has 1 heterocycles. The van der Waals surface area contributed by atoms with Crippen LogP contribution in [0.1, 0.15) is 24.4 Å². The average molecular weight is 424 g/mol. The van der Waals surface area contributed by atoms with Crippen LogP contribution < -0.4 is 10.2 Å². The molecule has 1 fully saturated rings. The molecule has 5 nitrogen and oxygen atoms in total. The van der Waals surface area contributed by atoms with E-state index in [4.69, 9.17) is 4.74 Å². The summed E-state index contributed by atoms with van der Waals surface area (Å²) < 4.78 is 59.1. The number of hydrogen-bond donors (Lipinski definition) is 1. The number of nitrogens with one attached hydrogen (secondary N) is 1. The number of anilines is 1. The molecule has 2 atom stereocenters. The molecule has 1 N–H and O–H groups in total. The lowest BCUT2D eigenvalue weighted by atomic mass is 10.0. The van der Waals surface area contributed by atoms with Gasteiger partial charge in [0.15, 0.2) is 0 Å². The number of alkyl halides is 3. The summed E-state index contributed by atoms with van der Waals surface area (Å²) in [6.45, 7) is 0.643. The molecule has 30 heavy (non-hydrogen) atoms. The molecule has 2 unspecified atom stereocenters. The van der Waals surface area contributed by atoms with Crippen LogP contribution in [0.15, 0.2) is 54.6 Å². The number of para-hydroxylation sites is 1. The Kier molecular flexibility index (Phi) is 6.71. The molecule has 1 aliphatic rings. The third-order valence-electron chi connectivity index (χ3n) is 4.72. The van der Waals surface area contributed by atoms with Gasteiger partial charge in [-0.05, 0) is 42.7 Å². The van der Waals surface area contributed by atoms with Gasteiger partial charge in [0, 0.05) is 18.8 Å². The lowest BCUT2D eigenvalue weighted by Crippen LogP contribution is -2.49. The van der Waals surface area contributed by atoms with E-state index in [1.54, 1.807) is 6.07 Å². The number of amides is 2. The standard InChI is InChI=1S/C21H20F4N2O3/c22-15-10-8-14(9-11-15)18(19(28)26-13-17-7-4-12-30-17)27(20(29)21(23,24)25)16-5-2-1-3-6-16/h1-3,5-6,8-11,17-18H,4,7,12-13H2,(H,26,28). The first-order valence-electron chi connectivity index (χ1n) is 9.37. The monoisotopic (exact) mass is 424 g/mol. The van der Waals surface area contributed by atoms with Crippen molar-refractivity contribution in [1.29, 1.82) is 0 Å². The third-order valence-corrected chi connectivity index (χ3v) is 4.72. The van der Waals surface area contributed by atoms with Crippen LogP contribution in [0.2, 0.25) is 0 Å². The van der Waals surface area contributed by atoms with Gasteiger partial charge in [-0.25, -0.2) is 4.39 Å². The lowest BCUT2D eigenvalue weighted by molar-refractivity contribution is -0.171. The number of hydrogen-bond acceptors (Lipinski definition) is 3. The molecule has 1 saturated heterocycles. The zero-order valence-electron chi connectivity index (χ0n) is 15.9. The van der Waals surface area contributed by atoms with Crippen LogP contribution in [-0.2, 0) is 14.3 Å². The van der Waals surface area contributed by atoms with Crippen LogP contribution >= 0.6 is 0 Å². The summed E-state index contributed by atoms with van der Waals surface area (Å²) in [5.41, 5.74) is -0.0656. The second-order valence-electron chi connectivity index (χ2n) is 6.84. The number of rotatable bonds is 6. The van der Waals surface area contributed by atoms with E-state index in [-0.39, 0.29) is 23.9 Å². The molecule has 9 heteroatoms. The van der Waals surface area contributed by atoms with E-state index in [2.05, 4.69) is 5.32 Å². The Labute approximate surface area is 170 Å². The average Bonchev–Trinajstić information content (AvgIpc) is 3.24. The summed E-state index contributed by atoms with van der Waals surface area (Å²) >= 11 is 0. The zero-order valence-corrected chi connectivity index (χ0v) is 15.9. The largest absolute Gasteiger partial charge is 0.471 e. The van der Waals surface area contributed by atoms with E-state index in [9.17, 15) is 27.2 Å². The van der Waals surface area contributed by atoms with E-state index in [1.807, 2.05) is 0 Å². The number of carbonyl (C=O) groups is 2. The SMILES string of the molecule is O=C(NCC1CCCO1)C(c1ccc(F)cc1)N(C(=O)C(F)(F)F)c1ccccc1. The van der Waals surface area contributed by atoms with Crippen molar-refractivity contribution in [3.05, 3.63) is 66.0 Å². The second kappa shape index (κ2) is 9.25. The van der Waals surface area contributed by atoms with Crippen molar-refractivity contribution in [2.24, 2.45) is 0 Å². The Morgan fingerprint density at radius 3 is 2.33 bits per heavy atom. The molecule has 0 saturated carbocycles. The Morgan fingerprint density at radius 1 is 1.10 bits per heavy atom. The highest BCUT2D eigenvalue weighted by atomic mass is 19.4.